The van der Waals surface area contributed by atoms with Crippen LogP contribution < -0.4 is 5.32 Å². The molecule has 0 saturated heterocycles. The first-order valence-electron chi connectivity index (χ1n) is 9.28. The molecule has 0 spiro atoms. The number of hydrogen-bond donors (Lipinski definition) is 1. The lowest BCUT2D eigenvalue weighted by Gasteiger charge is -2.53. The third-order valence-electron chi connectivity index (χ3n) is 6.60. The van der Waals surface area contributed by atoms with Gasteiger partial charge in [0.15, 0.2) is 0 Å². The normalized spacial score (nSPS) is 34.8. The number of nitrogens with one attached hydrogen (secondary N) is 1. The average Bonchev–Trinajstić information content (AvgIpc) is 2.53. The molecule has 4 aliphatic carbocycles. The average molecular weight is 351 g/mol. The number of carbonyl (C=O) groups is 1. The van der Waals surface area contributed by atoms with E-state index in [2.05, 4.69) is 5.32 Å². The Labute approximate surface area is 146 Å². The van der Waals surface area contributed by atoms with Gasteiger partial charge < -0.3 is 5.32 Å². The predicted molar refractivity (Wildman–Crippen MR) is 88.5 cm³/mol. The van der Waals surface area contributed by atoms with Gasteiger partial charge in [0.05, 0.1) is 11.6 Å². The standard InChI is InChI=1S/C20H24F3NO/c1-11(14-3-2-4-17(10-14)20(21,22)23)24-19(25)18-15-6-12-5-13(8-15)9-16(18)7-12/h2-4,10-13,15-16,18H,5-9H2,1H3,(H,24,25). The van der Waals surface area contributed by atoms with Crippen LogP contribution in [0.1, 0.15) is 56.2 Å². The Morgan fingerprint density at radius 2 is 1.68 bits per heavy atom. The van der Waals surface area contributed by atoms with Crippen molar-refractivity contribution in [1.29, 1.82) is 0 Å². The maximum absolute atomic E-state index is 12.9. The maximum Gasteiger partial charge on any atom is 0.416 e. The molecule has 136 valence electrons. The third kappa shape index (κ3) is 3.18. The van der Waals surface area contributed by atoms with Crippen LogP contribution in [-0.4, -0.2) is 5.91 Å². The van der Waals surface area contributed by atoms with Gasteiger partial charge >= 0.3 is 6.18 Å². The second-order valence-corrected chi connectivity index (χ2v) is 8.31. The van der Waals surface area contributed by atoms with Gasteiger partial charge in [0.25, 0.3) is 0 Å². The quantitative estimate of drug-likeness (QED) is 0.820. The maximum atomic E-state index is 12.9. The molecule has 5 rings (SSSR count). The SMILES string of the molecule is CC(NC(=O)C1C2CC3CC(C2)CC1C3)c1cccc(C(F)(F)F)c1. The lowest BCUT2D eigenvalue weighted by Crippen LogP contribution is -2.51. The van der Waals surface area contributed by atoms with Crippen molar-refractivity contribution in [3.63, 3.8) is 0 Å². The monoisotopic (exact) mass is 351 g/mol. The summed E-state index contributed by atoms with van der Waals surface area (Å²) in [5.41, 5.74) is -0.160. The molecule has 1 N–H and O–H groups in total. The van der Waals surface area contributed by atoms with Crippen molar-refractivity contribution in [2.45, 2.75) is 51.2 Å². The minimum atomic E-state index is -4.36. The van der Waals surface area contributed by atoms with E-state index in [1.807, 2.05) is 0 Å². The summed E-state index contributed by atoms with van der Waals surface area (Å²) in [4.78, 5) is 12.9. The van der Waals surface area contributed by atoms with Crippen LogP contribution in [0.15, 0.2) is 24.3 Å². The highest BCUT2D eigenvalue weighted by molar-refractivity contribution is 5.80. The Bertz CT molecular complexity index is 641. The number of alkyl halides is 3. The molecule has 4 bridgehead atoms. The molecule has 0 aliphatic heterocycles. The van der Waals surface area contributed by atoms with Crippen molar-refractivity contribution in [2.24, 2.45) is 29.6 Å². The summed E-state index contributed by atoms with van der Waals surface area (Å²) >= 11 is 0. The molecule has 4 fully saturated rings. The molecule has 25 heavy (non-hydrogen) atoms. The molecule has 1 atom stereocenters. The Hall–Kier alpha value is -1.52. The highest BCUT2D eigenvalue weighted by Crippen LogP contribution is 2.56. The van der Waals surface area contributed by atoms with Crippen LogP contribution in [-0.2, 0) is 11.0 Å². The van der Waals surface area contributed by atoms with Crippen LogP contribution in [0.3, 0.4) is 0 Å². The predicted octanol–water partition coefficient (Wildman–Crippen LogP) is 4.95. The molecule has 1 aromatic carbocycles. The van der Waals surface area contributed by atoms with Gasteiger partial charge in [-0.3, -0.25) is 4.79 Å². The Morgan fingerprint density at radius 1 is 1.08 bits per heavy atom. The summed E-state index contributed by atoms with van der Waals surface area (Å²) in [6.07, 6.45) is 1.60. The van der Waals surface area contributed by atoms with Crippen LogP contribution in [0.25, 0.3) is 0 Å². The number of carbonyl (C=O) groups excluding carboxylic acids is 1. The van der Waals surface area contributed by atoms with E-state index in [9.17, 15) is 18.0 Å². The third-order valence-corrected chi connectivity index (χ3v) is 6.60. The van der Waals surface area contributed by atoms with E-state index in [1.165, 1.54) is 12.5 Å². The summed E-state index contributed by atoms with van der Waals surface area (Å²) in [7, 11) is 0. The van der Waals surface area contributed by atoms with Gasteiger partial charge in [0.1, 0.15) is 0 Å². The molecule has 1 unspecified atom stereocenters. The molecular weight excluding hydrogens is 327 g/mol. The van der Waals surface area contributed by atoms with E-state index >= 15 is 0 Å². The highest BCUT2D eigenvalue weighted by atomic mass is 19.4. The van der Waals surface area contributed by atoms with E-state index in [0.717, 1.165) is 49.7 Å². The smallest absolute Gasteiger partial charge is 0.349 e. The van der Waals surface area contributed by atoms with E-state index in [-0.39, 0.29) is 11.8 Å². The van der Waals surface area contributed by atoms with Gasteiger partial charge in [0.2, 0.25) is 5.91 Å². The molecule has 0 radical (unpaired) electrons. The van der Waals surface area contributed by atoms with Gasteiger partial charge in [-0.25, -0.2) is 0 Å². The van der Waals surface area contributed by atoms with Crippen LogP contribution in [0, 0.1) is 29.6 Å². The van der Waals surface area contributed by atoms with E-state index in [0.29, 0.717) is 17.4 Å². The van der Waals surface area contributed by atoms with Gasteiger partial charge in [-0.15, -0.1) is 0 Å². The molecule has 4 aliphatic rings. The second kappa shape index (κ2) is 6.03. The molecule has 4 saturated carbocycles. The molecule has 1 amide bonds. The lowest BCUT2D eigenvalue weighted by atomic mass is 9.51. The van der Waals surface area contributed by atoms with Crippen molar-refractivity contribution in [1.82, 2.24) is 5.32 Å². The minimum absolute atomic E-state index is 0.0405. The van der Waals surface area contributed by atoms with Gasteiger partial charge in [0, 0.05) is 5.92 Å². The van der Waals surface area contributed by atoms with E-state index in [4.69, 9.17) is 0 Å². The molecule has 2 nitrogen and oxygen atoms in total. The fourth-order valence-electron chi connectivity index (χ4n) is 5.73. The molecule has 0 heterocycles. The first kappa shape index (κ1) is 16.9. The number of halogens is 3. The minimum Gasteiger partial charge on any atom is -0.349 e. The van der Waals surface area contributed by atoms with Crippen LogP contribution in [0.5, 0.6) is 0 Å². The van der Waals surface area contributed by atoms with Gasteiger partial charge in [-0.1, -0.05) is 12.1 Å². The van der Waals surface area contributed by atoms with Crippen molar-refractivity contribution < 1.29 is 18.0 Å². The number of benzene rings is 1. The number of rotatable bonds is 3. The van der Waals surface area contributed by atoms with Crippen LogP contribution >= 0.6 is 0 Å². The summed E-state index contributed by atoms with van der Waals surface area (Å²) in [5, 5.41) is 3.00. The van der Waals surface area contributed by atoms with Crippen LogP contribution in [0.2, 0.25) is 0 Å². The van der Waals surface area contributed by atoms with Crippen molar-refractivity contribution >= 4 is 5.91 Å². The van der Waals surface area contributed by atoms with Crippen molar-refractivity contribution in [3.05, 3.63) is 35.4 Å². The number of amides is 1. The topological polar surface area (TPSA) is 29.1 Å². The highest BCUT2D eigenvalue weighted by Gasteiger charge is 2.50. The zero-order valence-corrected chi connectivity index (χ0v) is 14.4. The Balaban J connectivity index is 1.46. The Kier molecular flexibility index (Phi) is 4.08. The second-order valence-electron chi connectivity index (χ2n) is 8.31. The fourth-order valence-corrected chi connectivity index (χ4v) is 5.73. The molecule has 1 aromatic rings. The Morgan fingerprint density at radius 3 is 2.24 bits per heavy atom. The fraction of sp³-hybridized carbons (Fsp3) is 0.650. The zero-order valence-electron chi connectivity index (χ0n) is 14.4. The van der Waals surface area contributed by atoms with Crippen LogP contribution in [0.4, 0.5) is 13.2 Å². The first-order chi connectivity index (χ1) is 11.8. The van der Waals surface area contributed by atoms with E-state index < -0.39 is 17.8 Å². The first-order valence-corrected chi connectivity index (χ1v) is 9.28. The van der Waals surface area contributed by atoms with Gasteiger partial charge in [-0.2, -0.15) is 13.2 Å². The summed E-state index contributed by atoms with van der Waals surface area (Å²) in [6, 6.07) is 4.85. The summed E-state index contributed by atoms with van der Waals surface area (Å²) in [6.45, 7) is 1.77. The molecular formula is C20H24F3NO. The van der Waals surface area contributed by atoms with Crippen molar-refractivity contribution in [3.8, 4) is 0 Å². The molecule has 5 heteroatoms. The summed E-state index contributed by atoms with van der Waals surface area (Å²) in [5.74, 6) is 2.65. The lowest BCUT2D eigenvalue weighted by molar-refractivity contribution is -0.138. The largest absolute Gasteiger partial charge is 0.416 e. The summed E-state index contributed by atoms with van der Waals surface area (Å²) < 4.78 is 38.7. The van der Waals surface area contributed by atoms with Crippen molar-refractivity contribution in [2.75, 3.05) is 0 Å². The number of hydrogen-bond acceptors (Lipinski definition) is 1. The molecule has 0 aromatic heterocycles. The zero-order chi connectivity index (χ0) is 17.8. The van der Waals surface area contributed by atoms with Gasteiger partial charge in [-0.05, 0) is 80.4 Å². The van der Waals surface area contributed by atoms with E-state index in [1.54, 1.807) is 13.0 Å².